The highest BCUT2D eigenvalue weighted by molar-refractivity contribution is 8.00. The summed E-state index contributed by atoms with van der Waals surface area (Å²) in [7, 11) is 0. The lowest BCUT2D eigenvalue weighted by Crippen LogP contribution is -2.23. The molecule has 0 unspecified atom stereocenters. The van der Waals surface area contributed by atoms with Crippen molar-refractivity contribution in [1.29, 1.82) is 0 Å². The van der Waals surface area contributed by atoms with E-state index in [4.69, 9.17) is 0 Å². The molecule has 0 amide bonds. The predicted octanol–water partition coefficient (Wildman–Crippen LogP) is 5.01. The SMILES string of the molecule is C=C/C=C/C(SCCNc1ncncc1C(=O)O)(c1ccccc1)c1ccccc1. The van der Waals surface area contributed by atoms with Crippen molar-refractivity contribution < 1.29 is 9.90 Å². The lowest BCUT2D eigenvalue weighted by molar-refractivity contribution is 0.0697. The summed E-state index contributed by atoms with van der Waals surface area (Å²) < 4.78 is -0.403. The average molecular weight is 418 g/mol. The summed E-state index contributed by atoms with van der Waals surface area (Å²) in [5.41, 5.74) is 2.38. The largest absolute Gasteiger partial charge is 0.477 e. The van der Waals surface area contributed by atoms with E-state index in [9.17, 15) is 9.90 Å². The van der Waals surface area contributed by atoms with Crippen molar-refractivity contribution in [2.45, 2.75) is 4.75 Å². The zero-order valence-corrected chi connectivity index (χ0v) is 17.3. The number of thioether (sulfide) groups is 1. The quantitative estimate of drug-likeness (QED) is 0.357. The van der Waals surface area contributed by atoms with E-state index in [0.29, 0.717) is 18.1 Å². The molecule has 0 saturated heterocycles. The van der Waals surface area contributed by atoms with Crippen LogP contribution in [0.2, 0.25) is 0 Å². The van der Waals surface area contributed by atoms with E-state index < -0.39 is 10.7 Å². The first-order valence-corrected chi connectivity index (χ1v) is 10.5. The van der Waals surface area contributed by atoms with Crippen molar-refractivity contribution in [3.8, 4) is 0 Å². The third-order valence-electron chi connectivity index (χ3n) is 4.54. The number of hydrogen-bond donors (Lipinski definition) is 2. The van der Waals surface area contributed by atoms with Gasteiger partial charge in [0.15, 0.2) is 0 Å². The van der Waals surface area contributed by atoms with Crippen LogP contribution in [0, 0.1) is 0 Å². The molecule has 30 heavy (non-hydrogen) atoms. The number of carboxylic acid groups (broad SMARTS) is 1. The predicted molar refractivity (Wildman–Crippen MR) is 123 cm³/mol. The highest BCUT2D eigenvalue weighted by Gasteiger charge is 2.31. The van der Waals surface area contributed by atoms with Gasteiger partial charge in [-0.1, -0.05) is 85.5 Å². The van der Waals surface area contributed by atoms with Crippen molar-refractivity contribution in [3.05, 3.63) is 115 Å². The Hall–Kier alpha value is -3.38. The van der Waals surface area contributed by atoms with Crippen molar-refractivity contribution in [2.24, 2.45) is 0 Å². The van der Waals surface area contributed by atoms with Gasteiger partial charge in [0.25, 0.3) is 0 Å². The van der Waals surface area contributed by atoms with Crippen LogP contribution in [0.4, 0.5) is 5.82 Å². The minimum Gasteiger partial charge on any atom is -0.477 e. The van der Waals surface area contributed by atoms with E-state index in [0.717, 1.165) is 11.1 Å². The maximum Gasteiger partial charge on any atom is 0.341 e. The number of hydrogen-bond acceptors (Lipinski definition) is 5. The summed E-state index contributed by atoms with van der Waals surface area (Å²) in [6, 6.07) is 20.6. The lowest BCUT2D eigenvalue weighted by atomic mass is 9.89. The molecule has 0 aliphatic carbocycles. The maximum atomic E-state index is 11.4. The number of rotatable bonds is 10. The molecule has 0 aliphatic heterocycles. The van der Waals surface area contributed by atoms with Gasteiger partial charge in [0, 0.05) is 18.5 Å². The molecule has 1 aromatic heterocycles. The molecule has 0 atom stereocenters. The van der Waals surface area contributed by atoms with Gasteiger partial charge in [-0.2, -0.15) is 0 Å². The zero-order valence-electron chi connectivity index (χ0n) is 16.4. The Kier molecular flexibility index (Phi) is 7.40. The van der Waals surface area contributed by atoms with Crippen molar-refractivity contribution in [1.82, 2.24) is 9.97 Å². The molecule has 0 saturated carbocycles. The molecule has 0 bridgehead atoms. The van der Waals surface area contributed by atoms with Crippen molar-refractivity contribution >= 4 is 23.5 Å². The number of aromatic carboxylic acids is 1. The number of benzene rings is 2. The molecule has 2 N–H and O–H groups in total. The Bertz CT molecular complexity index is 968. The molecule has 5 nitrogen and oxygen atoms in total. The van der Waals surface area contributed by atoms with Gasteiger partial charge >= 0.3 is 5.97 Å². The number of anilines is 1. The van der Waals surface area contributed by atoms with Crippen LogP contribution in [0.15, 0.2) is 98.0 Å². The summed E-state index contributed by atoms with van der Waals surface area (Å²) in [5, 5.41) is 12.4. The third kappa shape index (κ3) is 4.96. The van der Waals surface area contributed by atoms with Gasteiger partial charge in [-0.15, -0.1) is 11.8 Å². The van der Waals surface area contributed by atoms with Crippen LogP contribution >= 0.6 is 11.8 Å². The second-order valence-electron chi connectivity index (χ2n) is 6.43. The van der Waals surface area contributed by atoms with Gasteiger partial charge in [-0.05, 0) is 11.1 Å². The van der Waals surface area contributed by atoms with Crippen LogP contribution in [0.3, 0.4) is 0 Å². The second-order valence-corrected chi connectivity index (χ2v) is 7.77. The lowest BCUT2D eigenvalue weighted by Gasteiger charge is -2.32. The summed E-state index contributed by atoms with van der Waals surface area (Å²) in [6.07, 6.45) is 8.54. The van der Waals surface area contributed by atoms with Crippen LogP contribution in [-0.4, -0.2) is 33.3 Å². The minimum atomic E-state index is -1.05. The van der Waals surface area contributed by atoms with Crippen LogP contribution in [-0.2, 0) is 4.75 Å². The highest BCUT2D eigenvalue weighted by atomic mass is 32.2. The normalized spacial score (nSPS) is 11.3. The smallest absolute Gasteiger partial charge is 0.341 e. The molecule has 0 spiro atoms. The average Bonchev–Trinajstić information content (AvgIpc) is 2.80. The van der Waals surface area contributed by atoms with Crippen LogP contribution in [0.5, 0.6) is 0 Å². The first-order valence-electron chi connectivity index (χ1n) is 9.50. The third-order valence-corrected chi connectivity index (χ3v) is 6.01. The van der Waals surface area contributed by atoms with E-state index in [1.807, 2.05) is 42.5 Å². The van der Waals surface area contributed by atoms with Crippen LogP contribution < -0.4 is 5.32 Å². The number of allylic oxidation sites excluding steroid dienone is 2. The molecule has 0 radical (unpaired) electrons. The van der Waals surface area contributed by atoms with Crippen molar-refractivity contribution in [3.63, 3.8) is 0 Å². The molecule has 2 aromatic carbocycles. The van der Waals surface area contributed by atoms with Gasteiger partial charge in [0.1, 0.15) is 17.7 Å². The highest BCUT2D eigenvalue weighted by Crippen LogP contribution is 2.44. The van der Waals surface area contributed by atoms with E-state index in [1.54, 1.807) is 17.8 Å². The monoisotopic (exact) mass is 417 g/mol. The fourth-order valence-corrected chi connectivity index (χ4v) is 4.46. The Balaban J connectivity index is 1.86. The van der Waals surface area contributed by atoms with E-state index in [-0.39, 0.29) is 5.56 Å². The molecule has 0 aliphatic rings. The first kappa shape index (κ1) is 21.3. The van der Waals surface area contributed by atoms with E-state index in [2.05, 4.69) is 52.2 Å². The number of carboxylic acids is 1. The van der Waals surface area contributed by atoms with Gasteiger partial charge in [-0.25, -0.2) is 14.8 Å². The van der Waals surface area contributed by atoms with Gasteiger partial charge in [0.05, 0.1) is 4.75 Å². The van der Waals surface area contributed by atoms with E-state index in [1.165, 1.54) is 12.5 Å². The number of nitrogens with one attached hydrogen (secondary N) is 1. The standard InChI is InChI=1S/C24H23N3O2S/c1-2-3-14-24(19-10-6-4-7-11-19,20-12-8-5-9-13-20)30-16-15-26-22-21(23(28)29)17-25-18-27-22/h2-14,17-18H,1,15-16H2,(H,28,29)(H,25,26,27)/b14-3+. The fourth-order valence-electron chi connectivity index (χ4n) is 3.16. The Labute approximate surface area is 180 Å². The van der Waals surface area contributed by atoms with Crippen LogP contribution in [0.25, 0.3) is 0 Å². The summed E-state index contributed by atoms with van der Waals surface area (Å²) in [6.45, 7) is 4.38. The molecule has 6 heteroatoms. The first-order chi connectivity index (χ1) is 14.7. The summed E-state index contributed by atoms with van der Waals surface area (Å²) >= 11 is 1.76. The topological polar surface area (TPSA) is 75.1 Å². The number of aromatic nitrogens is 2. The molecule has 1 heterocycles. The van der Waals surface area contributed by atoms with E-state index >= 15 is 0 Å². The Morgan fingerprint density at radius 2 is 1.73 bits per heavy atom. The molecule has 0 fully saturated rings. The summed E-state index contributed by atoms with van der Waals surface area (Å²) in [5.74, 6) is -0.0127. The maximum absolute atomic E-state index is 11.4. The minimum absolute atomic E-state index is 0.0615. The van der Waals surface area contributed by atoms with Gasteiger partial charge < -0.3 is 10.4 Å². The molecule has 152 valence electrons. The molecule has 3 rings (SSSR count). The number of nitrogens with zero attached hydrogens (tertiary/aromatic N) is 2. The second kappa shape index (κ2) is 10.4. The van der Waals surface area contributed by atoms with Gasteiger partial charge in [-0.3, -0.25) is 0 Å². The van der Waals surface area contributed by atoms with Gasteiger partial charge in [0.2, 0.25) is 0 Å². The zero-order chi connectivity index (χ0) is 21.2. The summed E-state index contributed by atoms with van der Waals surface area (Å²) in [4.78, 5) is 19.2. The molecular weight excluding hydrogens is 394 g/mol. The molecule has 3 aromatic rings. The fraction of sp³-hybridized carbons (Fsp3) is 0.125. The van der Waals surface area contributed by atoms with Crippen molar-refractivity contribution in [2.75, 3.05) is 17.6 Å². The van der Waals surface area contributed by atoms with Crippen LogP contribution in [0.1, 0.15) is 21.5 Å². The Morgan fingerprint density at radius 3 is 2.30 bits per heavy atom. The molecular formula is C24H23N3O2S. The Morgan fingerprint density at radius 1 is 1.10 bits per heavy atom. The number of carbonyl (C=O) groups is 1.